The first-order valence-electron chi connectivity index (χ1n) is 6.28. The number of hydrogen-bond donors (Lipinski definition) is 2. The topological polar surface area (TPSA) is 38.0 Å². The maximum Gasteiger partial charge on any atom is 0.0488 e. The van der Waals surface area contributed by atoms with Crippen LogP contribution in [0.15, 0.2) is 24.3 Å². The normalized spacial score (nSPS) is 14.8. The molecule has 0 radical (unpaired) electrons. The SMILES string of the molecule is CCCC(C)C(NN)c1ccccc1CC. The number of nitrogens with two attached hydrogens (primary N) is 1. The van der Waals surface area contributed by atoms with E-state index in [0.29, 0.717) is 5.92 Å². The maximum absolute atomic E-state index is 5.71. The standard InChI is InChI=1S/C14H24N2/c1-4-8-11(3)14(16-15)13-10-7-6-9-12(13)5-2/h6-7,9-11,14,16H,4-5,8,15H2,1-3H3. The second-order valence-electron chi connectivity index (χ2n) is 4.46. The predicted octanol–water partition coefficient (Wildman–Crippen LogP) is 3.19. The number of benzene rings is 1. The van der Waals surface area contributed by atoms with Crippen LogP contribution in [0.25, 0.3) is 0 Å². The highest BCUT2D eigenvalue weighted by molar-refractivity contribution is 5.30. The largest absolute Gasteiger partial charge is 0.271 e. The van der Waals surface area contributed by atoms with Gasteiger partial charge in [0.2, 0.25) is 0 Å². The fraction of sp³-hybridized carbons (Fsp3) is 0.571. The molecule has 2 heteroatoms. The van der Waals surface area contributed by atoms with E-state index in [1.165, 1.54) is 24.0 Å². The molecular formula is C14H24N2. The predicted molar refractivity (Wildman–Crippen MR) is 70.0 cm³/mol. The van der Waals surface area contributed by atoms with E-state index in [2.05, 4.69) is 50.5 Å². The van der Waals surface area contributed by atoms with E-state index in [9.17, 15) is 0 Å². The van der Waals surface area contributed by atoms with Gasteiger partial charge in [-0.05, 0) is 29.9 Å². The lowest BCUT2D eigenvalue weighted by atomic mass is 9.88. The summed E-state index contributed by atoms with van der Waals surface area (Å²) in [6.45, 7) is 6.67. The molecule has 16 heavy (non-hydrogen) atoms. The van der Waals surface area contributed by atoms with Crippen molar-refractivity contribution >= 4 is 0 Å². The van der Waals surface area contributed by atoms with Crippen LogP contribution in [0.3, 0.4) is 0 Å². The van der Waals surface area contributed by atoms with Crippen molar-refractivity contribution < 1.29 is 0 Å². The monoisotopic (exact) mass is 220 g/mol. The number of aryl methyl sites for hydroxylation is 1. The van der Waals surface area contributed by atoms with Gasteiger partial charge in [0.05, 0.1) is 0 Å². The van der Waals surface area contributed by atoms with Gasteiger partial charge >= 0.3 is 0 Å². The van der Waals surface area contributed by atoms with Crippen molar-refractivity contribution in [2.24, 2.45) is 11.8 Å². The lowest BCUT2D eigenvalue weighted by molar-refractivity contribution is 0.366. The average Bonchev–Trinajstić information content (AvgIpc) is 2.31. The van der Waals surface area contributed by atoms with Gasteiger partial charge in [-0.15, -0.1) is 0 Å². The minimum atomic E-state index is 0.274. The molecule has 0 fully saturated rings. The first-order valence-corrected chi connectivity index (χ1v) is 6.28. The third-order valence-corrected chi connectivity index (χ3v) is 3.26. The van der Waals surface area contributed by atoms with Crippen LogP contribution in [0.5, 0.6) is 0 Å². The molecule has 2 nitrogen and oxygen atoms in total. The van der Waals surface area contributed by atoms with Gasteiger partial charge in [0.25, 0.3) is 0 Å². The molecule has 0 aliphatic heterocycles. The van der Waals surface area contributed by atoms with Gasteiger partial charge in [-0.2, -0.15) is 0 Å². The Morgan fingerprint density at radius 2 is 1.94 bits per heavy atom. The van der Waals surface area contributed by atoms with E-state index >= 15 is 0 Å². The number of hydrazine groups is 1. The fourth-order valence-corrected chi connectivity index (χ4v) is 2.34. The molecule has 2 atom stereocenters. The molecule has 0 spiro atoms. The third kappa shape index (κ3) is 3.06. The first-order chi connectivity index (χ1) is 7.74. The van der Waals surface area contributed by atoms with Gasteiger partial charge in [0.15, 0.2) is 0 Å². The highest BCUT2D eigenvalue weighted by Gasteiger charge is 2.18. The van der Waals surface area contributed by atoms with E-state index in [1.807, 2.05) is 0 Å². The van der Waals surface area contributed by atoms with E-state index in [0.717, 1.165) is 6.42 Å². The van der Waals surface area contributed by atoms with Crippen molar-refractivity contribution in [2.75, 3.05) is 0 Å². The molecule has 0 heterocycles. The van der Waals surface area contributed by atoms with Crippen LogP contribution in [-0.4, -0.2) is 0 Å². The fourth-order valence-electron chi connectivity index (χ4n) is 2.34. The zero-order valence-corrected chi connectivity index (χ0v) is 10.7. The smallest absolute Gasteiger partial charge is 0.0488 e. The van der Waals surface area contributed by atoms with Crippen molar-refractivity contribution in [3.8, 4) is 0 Å². The Morgan fingerprint density at radius 1 is 1.25 bits per heavy atom. The molecule has 0 saturated carbocycles. The number of rotatable bonds is 6. The minimum absolute atomic E-state index is 0.274. The Balaban J connectivity index is 2.93. The van der Waals surface area contributed by atoms with Gasteiger partial charge in [-0.3, -0.25) is 11.3 Å². The van der Waals surface area contributed by atoms with Crippen LogP contribution in [0.2, 0.25) is 0 Å². The van der Waals surface area contributed by atoms with Crippen molar-refractivity contribution in [2.45, 2.75) is 46.1 Å². The van der Waals surface area contributed by atoms with Crippen LogP contribution >= 0.6 is 0 Å². The van der Waals surface area contributed by atoms with Crippen molar-refractivity contribution in [1.82, 2.24) is 5.43 Å². The van der Waals surface area contributed by atoms with Gasteiger partial charge in [-0.1, -0.05) is 51.5 Å². The number of nitrogens with one attached hydrogen (secondary N) is 1. The Labute approximate surface area is 99.2 Å². The van der Waals surface area contributed by atoms with Gasteiger partial charge in [-0.25, -0.2) is 0 Å². The summed E-state index contributed by atoms with van der Waals surface area (Å²) in [4.78, 5) is 0. The summed E-state index contributed by atoms with van der Waals surface area (Å²) in [7, 11) is 0. The average molecular weight is 220 g/mol. The minimum Gasteiger partial charge on any atom is -0.271 e. The van der Waals surface area contributed by atoms with E-state index in [-0.39, 0.29) is 6.04 Å². The zero-order valence-electron chi connectivity index (χ0n) is 10.7. The Morgan fingerprint density at radius 3 is 2.50 bits per heavy atom. The summed E-state index contributed by atoms with van der Waals surface area (Å²) < 4.78 is 0. The lowest BCUT2D eigenvalue weighted by Crippen LogP contribution is -2.33. The van der Waals surface area contributed by atoms with E-state index in [4.69, 9.17) is 5.84 Å². The molecule has 2 unspecified atom stereocenters. The van der Waals surface area contributed by atoms with E-state index < -0.39 is 0 Å². The van der Waals surface area contributed by atoms with Crippen LogP contribution in [0.1, 0.15) is 50.8 Å². The molecule has 0 amide bonds. The highest BCUT2D eigenvalue weighted by atomic mass is 15.2. The molecule has 90 valence electrons. The summed E-state index contributed by atoms with van der Waals surface area (Å²) in [5.74, 6) is 6.28. The molecule has 1 aromatic rings. The van der Waals surface area contributed by atoms with Crippen LogP contribution in [-0.2, 0) is 6.42 Å². The molecule has 0 saturated heterocycles. The Bertz CT molecular complexity index is 309. The number of hydrogen-bond acceptors (Lipinski definition) is 2. The molecule has 0 bridgehead atoms. The second kappa shape index (κ2) is 6.66. The van der Waals surface area contributed by atoms with Crippen LogP contribution in [0.4, 0.5) is 0 Å². The van der Waals surface area contributed by atoms with Gasteiger partial charge in [0.1, 0.15) is 0 Å². The molecule has 0 aromatic heterocycles. The summed E-state index contributed by atoms with van der Waals surface area (Å²) in [5, 5.41) is 0. The van der Waals surface area contributed by atoms with Crippen LogP contribution < -0.4 is 11.3 Å². The van der Waals surface area contributed by atoms with Gasteiger partial charge < -0.3 is 0 Å². The Hall–Kier alpha value is -0.860. The lowest BCUT2D eigenvalue weighted by Gasteiger charge is -2.25. The van der Waals surface area contributed by atoms with Crippen molar-refractivity contribution in [3.63, 3.8) is 0 Å². The maximum atomic E-state index is 5.71. The van der Waals surface area contributed by atoms with Crippen molar-refractivity contribution in [1.29, 1.82) is 0 Å². The molecule has 1 rings (SSSR count). The summed E-state index contributed by atoms with van der Waals surface area (Å²) in [5.41, 5.74) is 5.73. The molecule has 0 aliphatic carbocycles. The molecular weight excluding hydrogens is 196 g/mol. The zero-order chi connectivity index (χ0) is 12.0. The summed E-state index contributed by atoms with van der Waals surface area (Å²) in [6.07, 6.45) is 3.47. The third-order valence-electron chi connectivity index (χ3n) is 3.26. The summed E-state index contributed by atoms with van der Waals surface area (Å²) in [6, 6.07) is 8.85. The van der Waals surface area contributed by atoms with Crippen LogP contribution in [0, 0.1) is 5.92 Å². The second-order valence-corrected chi connectivity index (χ2v) is 4.46. The summed E-state index contributed by atoms with van der Waals surface area (Å²) >= 11 is 0. The molecule has 1 aromatic carbocycles. The first kappa shape index (κ1) is 13.2. The quantitative estimate of drug-likeness (QED) is 0.571. The van der Waals surface area contributed by atoms with Crippen molar-refractivity contribution in [3.05, 3.63) is 35.4 Å². The highest BCUT2D eigenvalue weighted by Crippen LogP contribution is 2.27. The molecule has 0 aliphatic rings. The molecule has 3 N–H and O–H groups in total. The van der Waals surface area contributed by atoms with Gasteiger partial charge in [0, 0.05) is 6.04 Å². The van der Waals surface area contributed by atoms with E-state index in [1.54, 1.807) is 0 Å². The Kier molecular flexibility index (Phi) is 5.50.